The van der Waals surface area contributed by atoms with Gasteiger partial charge in [-0.15, -0.1) is 0 Å². The number of carbonyl (C=O) groups is 1. The average Bonchev–Trinajstić information content (AvgIpc) is 2.28. The lowest BCUT2D eigenvalue weighted by Gasteiger charge is -2.44. The number of carbonyl (C=O) groups excluding carboxylic acids is 1. The van der Waals surface area contributed by atoms with Gasteiger partial charge in [-0.1, -0.05) is 19.3 Å². The van der Waals surface area contributed by atoms with Crippen LogP contribution >= 0.6 is 0 Å². The van der Waals surface area contributed by atoms with E-state index in [4.69, 9.17) is 4.74 Å². The number of ether oxygens (including phenoxy) is 1. The minimum absolute atomic E-state index is 0.0106. The molecule has 104 valence electrons. The van der Waals surface area contributed by atoms with Crippen molar-refractivity contribution < 1.29 is 9.53 Å². The van der Waals surface area contributed by atoms with E-state index in [0.717, 1.165) is 6.42 Å². The highest BCUT2D eigenvalue weighted by atomic mass is 16.6. The standard InChI is InChI=1S/C14H26N2O2/c1-13(2,3)18-12(17)11-9-14(16-15-10-11)7-5-4-6-8-14/h11,15-16H,4-10H2,1-3H3. The summed E-state index contributed by atoms with van der Waals surface area (Å²) in [7, 11) is 0. The molecule has 1 aliphatic heterocycles. The zero-order chi connectivity index (χ0) is 13.2. The summed E-state index contributed by atoms with van der Waals surface area (Å²) in [6, 6.07) is 0. The molecule has 0 aromatic rings. The third kappa shape index (κ3) is 3.45. The van der Waals surface area contributed by atoms with Crippen LogP contribution in [-0.2, 0) is 9.53 Å². The van der Waals surface area contributed by atoms with Crippen molar-refractivity contribution in [2.24, 2.45) is 5.92 Å². The van der Waals surface area contributed by atoms with Gasteiger partial charge in [-0.3, -0.25) is 15.6 Å². The summed E-state index contributed by atoms with van der Waals surface area (Å²) in [6.07, 6.45) is 7.08. The van der Waals surface area contributed by atoms with Gasteiger partial charge >= 0.3 is 5.97 Å². The topological polar surface area (TPSA) is 50.4 Å². The second kappa shape index (κ2) is 5.17. The molecule has 2 aliphatic rings. The van der Waals surface area contributed by atoms with Gasteiger partial charge < -0.3 is 4.74 Å². The second-order valence-corrected chi connectivity index (χ2v) is 6.78. The van der Waals surface area contributed by atoms with E-state index in [0.29, 0.717) is 6.54 Å². The van der Waals surface area contributed by atoms with Crippen LogP contribution in [0.5, 0.6) is 0 Å². The number of hydrogen-bond donors (Lipinski definition) is 2. The zero-order valence-electron chi connectivity index (χ0n) is 11.8. The minimum Gasteiger partial charge on any atom is -0.460 e. The van der Waals surface area contributed by atoms with E-state index in [2.05, 4.69) is 10.9 Å². The Balaban J connectivity index is 1.95. The summed E-state index contributed by atoms with van der Waals surface area (Å²) in [4.78, 5) is 12.1. The van der Waals surface area contributed by atoms with E-state index in [1.54, 1.807) is 0 Å². The summed E-state index contributed by atoms with van der Waals surface area (Å²) >= 11 is 0. The molecular formula is C14H26N2O2. The molecule has 1 atom stereocenters. The second-order valence-electron chi connectivity index (χ2n) is 6.78. The predicted molar refractivity (Wildman–Crippen MR) is 70.9 cm³/mol. The van der Waals surface area contributed by atoms with Crippen molar-refractivity contribution in [1.82, 2.24) is 10.9 Å². The lowest BCUT2D eigenvalue weighted by Crippen LogP contribution is -2.61. The van der Waals surface area contributed by atoms with Crippen LogP contribution < -0.4 is 10.9 Å². The quantitative estimate of drug-likeness (QED) is 0.704. The monoisotopic (exact) mass is 254 g/mol. The maximum Gasteiger partial charge on any atom is 0.310 e. The molecular weight excluding hydrogens is 228 g/mol. The van der Waals surface area contributed by atoms with Crippen LogP contribution in [0.2, 0.25) is 0 Å². The molecule has 1 unspecified atom stereocenters. The molecule has 2 rings (SSSR count). The van der Waals surface area contributed by atoms with Crippen LogP contribution in [0.3, 0.4) is 0 Å². The van der Waals surface area contributed by atoms with Crippen LogP contribution in [-0.4, -0.2) is 23.7 Å². The highest BCUT2D eigenvalue weighted by Gasteiger charge is 2.40. The first-order valence-electron chi connectivity index (χ1n) is 7.13. The van der Waals surface area contributed by atoms with Gasteiger partial charge in [-0.05, 0) is 40.0 Å². The molecule has 2 N–H and O–H groups in total. The summed E-state index contributed by atoms with van der Waals surface area (Å²) in [5, 5.41) is 0. The van der Waals surface area contributed by atoms with Gasteiger partial charge in [-0.25, -0.2) is 0 Å². The van der Waals surface area contributed by atoms with Crippen LogP contribution in [0, 0.1) is 5.92 Å². The number of hydrazine groups is 1. The van der Waals surface area contributed by atoms with Crippen LogP contribution in [0.4, 0.5) is 0 Å². The molecule has 1 spiro atoms. The fourth-order valence-corrected chi connectivity index (χ4v) is 3.07. The van der Waals surface area contributed by atoms with E-state index in [1.165, 1.54) is 32.1 Å². The molecule has 0 aromatic carbocycles. The van der Waals surface area contributed by atoms with E-state index in [9.17, 15) is 4.79 Å². The molecule has 2 fully saturated rings. The normalized spacial score (nSPS) is 28.1. The Morgan fingerprint density at radius 1 is 1.22 bits per heavy atom. The summed E-state index contributed by atoms with van der Waals surface area (Å²) in [5.41, 5.74) is 6.37. The van der Waals surface area contributed by atoms with Crippen molar-refractivity contribution in [2.75, 3.05) is 6.54 Å². The first-order chi connectivity index (χ1) is 8.40. The van der Waals surface area contributed by atoms with Crippen molar-refractivity contribution in [3.63, 3.8) is 0 Å². The Bertz CT molecular complexity index is 298. The minimum atomic E-state index is -0.387. The van der Waals surface area contributed by atoms with Crippen molar-refractivity contribution >= 4 is 5.97 Å². The number of hydrogen-bond acceptors (Lipinski definition) is 4. The molecule has 18 heavy (non-hydrogen) atoms. The molecule has 1 aliphatic carbocycles. The van der Waals surface area contributed by atoms with Gasteiger partial charge in [0.25, 0.3) is 0 Å². The molecule has 4 heteroatoms. The van der Waals surface area contributed by atoms with Gasteiger partial charge in [0, 0.05) is 12.1 Å². The lowest BCUT2D eigenvalue weighted by atomic mass is 9.75. The van der Waals surface area contributed by atoms with Crippen molar-refractivity contribution in [1.29, 1.82) is 0 Å². The van der Waals surface area contributed by atoms with Gasteiger partial charge in [0.2, 0.25) is 0 Å². The molecule has 1 saturated heterocycles. The molecule has 0 radical (unpaired) electrons. The van der Waals surface area contributed by atoms with Crippen LogP contribution in [0.25, 0.3) is 0 Å². The lowest BCUT2D eigenvalue weighted by molar-refractivity contribution is -0.162. The number of esters is 1. The summed E-state index contributed by atoms with van der Waals surface area (Å²) < 4.78 is 5.50. The SMILES string of the molecule is CC(C)(C)OC(=O)C1CNNC2(CCCCC2)C1. The molecule has 1 saturated carbocycles. The van der Waals surface area contributed by atoms with Gasteiger partial charge in [-0.2, -0.15) is 0 Å². The highest BCUT2D eigenvalue weighted by Crippen LogP contribution is 2.35. The van der Waals surface area contributed by atoms with E-state index in [-0.39, 0.29) is 23.0 Å². The fraction of sp³-hybridized carbons (Fsp3) is 0.929. The number of nitrogens with one attached hydrogen (secondary N) is 2. The summed E-state index contributed by atoms with van der Waals surface area (Å²) in [5.74, 6) is -0.0648. The first-order valence-corrected chi connectivity index (χ1v) is 7.13. The molecule has 0 aromatic heterocycles. The maximum atomic E-state index is 12.1. The van der Waals surface area contributed by atoms with Crippen LogP contribution in [0.1, 0.15) is 59.3 Å². The third-order valence-electron chi connectivity index (χ3n) is 3.89. The Morgan fingerprint density at radius 2 is 1.89 bits per heavy atom. The zero-order valence-corrected chi connectivity index (χ0v) is 11.8. The molecule has 0 amide bonds. The largest absolute Gasteiger partial charge is 0.460 e. The first kappa shape index (κ1) is 13.8. The smallest absolute Gasteiger partial charge is 0.310 e. The highest BCUT2D eigenvalue weighted by molar-refractivity contribution is 5.73. The summed E-state index contributed by atoms with van der Waals surface area (Å²) in [6.45, 7) is 6.46. The number of rotatable bonds is 1. The Kier molecular flexibility index (Phi) is 3.97. The van der Waals surface area contributed by atoms with E-state index in [1.807, 2.05) is 20.8 Å². The molecule has 0 bridgehead atoms. The van der Waals surface area contributed by atoms with Crippen molar-refractivity contribution in [3.8, 4) is 0 Å². The maximum absolute atomic E-state index is 12.1. The van der Waals surface area contributed by atoms with Gasteiger partial charge in [0.1, 0.15) is 5.60 Å². The molecule has 1 heterocycles. The Labute approximate surface area is 110 Å². The van der Waals surface area contributed by atoms with Crippen molar-refractivity contribution in [3.05, 3.63) is 0 Å². The third-order valence-corrected chi connectivity index (χ3v) is 3.89. The van der Waals surface area contributed by atoms with Crippen molar-refractivity contribution in [2.45, 2.75) is 70.4 Å². The van der Waals surface area contributed by atoms with E-state index >= 15 is 0 Å². The van der Waals surface area contributed by atoms with Gasteiger partial charge in [0.15, 0.2) is 0 Å². The Hall–Kier alpha value is -0.610. The predicted octanol–water partition coefficient (Wildman–Crippen LogP) is 2.15. The molecule has 4 nitrogen and oxygen atoms in total. The Morgan fingerprint density at radius 3 is 2.50 bits per heavy atom. The average molecular weight is 254 g/mol. The fourth-order valence-electron chi connectivity index (χ4n) is 3.07. The van der Waals surface area contributed by atoms with Gasteiger partial charge in [0.05, 0.1) is 5.92 Å². The van der Waals surface area contributed by atoms with E-state index < -0.39 is 0 Å². The van der Waals surface area contributed by atoms with Crippen LogP contribution in [0.15, 0.2) is 0 Å².